The molecule has 0 aliphatic carbocycles. The van der Waals surface area contributed by atoms with Crippen LogP contribution in [0, 0.1) is 6.92 Å². The van der Waals surface area contributed by atoms with E-state index in [1.54, 1.807) is 6.07 Å². The van der Waals surface area contributed by atoms with Crippen LogP contribution in [0.1, 0.15) is 22.6 Å². The van der Waals surface area contributed by atoms with Gasteiger partial charge in [0.2, 0.25) is 0 Å². The zero-order valence-corrected chi connectivity index (χ0v) is 13.4. The average Bonchev–Trinajstić information content (AvgIpc) is 2.51. The van der Waals surface area contributed by atoms with E-state index >= 15 is 0 Å². The maximum Gasteiger partial charge on any atom is 0.270 e. The Bertz CT molecular complexity index is 478. The number of amides is 1. The fourth-order valence-corrected chi connectivity index (χ4v) is 2.59. The van der Waals surface area contributed by atoms with Gasteiger partial charge in [-0.3, -0.25) is 9.69 Å². The van der Waals surface area contributed by atoms with E-state index in [4.69, 9.17) is 4.74 Å². The fourth-order valence-electron chi connectivity index (χ4n) is 2.17. The minimum Gasteiger partial charge on any atom is -0.379 e. The third-order valence-electron chi connectivity index (χ3n) is 3.29. The molecule has 7 heteroatoms. The van der Waals surface area contributed by atoms with Crippen LogP contribution < -0.4 is 5.32 Å². The molecular formula is C14H22N4O2S. The summed E-state index contributed by atoms with van der Waals surface area (Å²) in [6.07, 6.45) is 2.84. The highest BCUT2D eigenvalue weighted by Gasteiger charge is 2.11. The van der Waals surface area contributed by atoms with Crippen LogP contribution in [0.5, 0.6) is 0 Å². The normalized spacial score (nSPS) is 15.9. The van der Waals surface area contributed by atoms with Gasteiger partial charge >= 0.3 is 0 Å². The first-order chi connectivity index (χ1) is 10.2. The van der Waals surface area contributed by atoms with Gasteiger partial charge in [0.25, 0.3) is 5.91 Å². The van der Waals surface area contributed by atoms with Crippen LogP contribution >= 0.6 is 11.8 Å². The lowest BCUT2D eigenvalue weighted by Gasteiger charge is -2.26. The summed E-state index contributed by atoms with van der Waals surface area (Å²) in [6, 6.07) is 1.72. The smallest absolute Gasteiger partial charge is 0.270 e. The van der Waals surface area contributed by atoms with Crippen LogP contribution in [0.2, 0.25) is 0 Å². The molecule has 1 amide bonds. The Labute approximate surface area is 129 Å². The minimum absolute atomic E-state index is 0.127. The summed E-state index contributed by atoms with van der Waals surface area (Å²) in [6.45, 7) is 7.10. The molecule has 1 aliphatic heterocycles. The number of aryl methyl sites for hydroxylation is 1. The number of hydrogen-bond acceptors (Lipinski definition) is 6. The van der Waals surface area contributed by atoms with Crippen LogP contribution in [-0.4, -0.2) is 66.4 Å². The van der Waals surface area contributed by atoms with Crippen molar-refractivity contribution in [2.75, 3.05) is 45.6 Å². The Morgan fingerprint density at radius 2 is 2.19 bits per heavy atom. The molecule has 116 valence electrons. The highest BCUT2D eigenvalue weighted by Crippen LogP contribution is 2.10. The summed E-state index contributed by atoms with van der Waals surface area (Å²) in [5.41, 5.74) is 1.26. The van der Waals surface area contributed by atoms with E-state index in [2.05, 4.69) is 20.2 Å². The van der Waals surface area contributed by atoms with Crippen LogP contribution in [0.4, 0.5) is 0 Å². The molecular weight excluding hydrogens is 288 g/mol. The summed E-state index contributed by atoms with van der Waals surface area (Å²) in [5, 5.41) is 3.55. The number of rotatable bonds is 6. The molecule has 2 heterocycles. The molecule has 0 spiro atoms. The summed E-state index contributed by atoms with van der Waals surface area (Å²) in [5.74, 6) is -0.127. The van der Waals surface area contributed by atoms with Gasteiger partial charge in [-0.05, 0) is 32.2 Å². The van der Waals surface area contributed by atoms with Crippen LogP contribution in [0.25, 0.3) is 0 Å². The third kappa shape index (κ3) is 5.26. The number of nitrogens with zero attached hydrogens (tertiary/aromatic N) is 3. The summed E-state index contributed by atoms with van der Waals surface area (Å²) in [4.78, 5) is 22.9. The van der Waals surface area contributed by atoms with E-state index in [1.807, 2.05) is 13.2 Å². The Kier molecular flexibility index (Phi) is 6.41. The largest absolute Gasteiger partial charge is 0.379 e. The first-order valence-corrected chi connectivity index (χ1v) is 8.39. The van der Waals surface area contributed by atoms with Crippen molar-refractivity contribution in [2.45, 2.75) is 18.5 Å². The fraction of sp³-hybridized carbons (Fsp3) is 0.643. The quantitative estimate of drug-likeness (QED) is 0.479. The van der Waals surface area contributed by atoms with Crippen molar-refractivity contribution in [3.8, 4) is 0 Å². The minimum atomic E-state index is -0.127. The van der Waals surface area contributed by atoms with Gasteiger partial charge < -0.3 is 10.1 Å². The van der Waals surface area contributed by atoms with Crippen LogP contribution in [0.3, 0.4) is 0 Å². The number of hydrogen-bond donors (Lipinski definition) is 1. The molecule has 0 saturated carbocycles. The standard InChI is InChI=1S/C14H22N4O2S/c1-11-10-12(17-14(16-11)21-2)13(19)15-4-3-5-18-6-8-20-9-7-18/h10H,3-9H2,1-2H3,(H,15,19). The number of carbonyl (C=O) groups is 1. The van der Waals surface area contributed by atoms with Gasteiger partial charge in [-0.25, -0.2) is 9.97 Å². The highest BCUT2D eigenvalue weighted by molar-refractivity contribution is 7.98. The lowest BCUT2D eigenvalue weighted by Crippen LogP contribution is -2.38. The molecule has 1 fully saturated rings. The molecule has 1 N–H and O–H groups in total. The van der Waals surface area contributed by atoms with Gasteiger partial charge in [0.05, 0.1) is 13.2 Å². The predicted molar refractivity (Wildman–Crippen MR) is 82.8 cm³/mol. The molecule has 6 nitrogen and oxygen atoms in total. The SMILES string of the molecule is CSc1nc(C)cc(C(=O)NCCCN2CCOCC2)n1. The second-order valence-corrected chi connectivity index (χ2v) is 5.72. The molecule has 0 atom stereocenters. The molecule has 1 aromatic rings. The van der Waals surface area contributed by atoms with Gasteiger partial charge in [-0.2, -0.15) is 0 Å². The molecule has 1 aromatic heterocycles. The van der Waals surface area contributed by atoms with Crippen molar-refractivity contribution in [1.29, 1.82) is 0 Å². The topological polar surface area (TPSA) is 67.4 Å². The van der Waals surface area contributed by atoms with Crippen LogP contribution in [0.15, 0.2) is 11.2 Å². The van der Waals surface area contributed by atoms with E-state index in [1.165, 1.54) is 11.8 Å². The van der Waals surface area contributed by atoms with E-state index < -0.39 is 0 Å². The van der Waals surface area contributed by atoms with Crippen LogP contribution in [-0.2, 0) is 4.74 Å². The predicted octanol–water partition coefficient (Wildman–Crippen LogP) is 0.959. The second-order valence-electron chi connectivity index (χ2n) is 4.94. The molecule has 1 aliphatic rings. The van der Waals surface area contributed by atoms with E-state index in [0.29, 0.717) is 17.4 Å². The second kappa shape index (κ2) is 8.31. The van der Waals surface area contributed by atoms with Crippen molar-refractivity contribution in [3.63, 3.8) is 0 Å². The Balaban J connectivity index is 1.75. The lowest BCUT2D eigenvalue weighted by molar-refractivity contribution is 0.0374. The van der Waals surface area contributed by atoms with Crippen molar-refractivity contribution in [1.82, 2.24) is 20.2 Å². The Hall–Kier alpha value is -1.18. The molecule has 0 unspecified atom stereocenters. The maximum atomic E-state index is 12.1. The first-order valence-electron chi connectivity index (χ1n) is 7.17. The Morgan fingerprint density at radius 3 is 2.90 bits per heavy atom. The lowest BCUT2D eigenvalue weighted by atomic mass is 10.3. The zero-order chi connectivity index (χ0) is 15.1. The van der Waals surface area contributed by atoms with Gasteiger partial charge in [0.1, 0.15) is 5.69 Å². The van der Waals surface area contributed by atoms with Crippen molar-refractivity contribution < 1.29 is 9.53 Å². The van der Waals surface area contributed by atoms with Gasteiger partial charge in [-0.15, -0.1) is 0 Å². The molecule has 0 bridgehead atoms. The molecule has 2 rings (SSSR count). The van der Waals surface area contributed by atoms with Crippen molar-refractivity contribution in [2.24, 2.45) is 0 Å². The molecule has 0 aromatic carbocycles. The number of ether oxygens (including phenoxy) is 1. The van der Waals surface area contributed by atoms with E-state index in [-0.39, 0.29) is 5.91 Å². The van der Waals surface area contributed by atoms with Crippen molar-refractivity contribution >= 4 is 17.7 Å². The van der Waals surface area contributed by atoms with Crippen molar-refractivity contribution in [3.05, 3.63) is 17.5 Å². The summed E-state index contributed by atoms with van der Waals surface area (Å²) >= 11 is 1.44. The molecule has 0 radical (unpaired) electrons. The van der Waals surface area contributed by atoms with E-state index in [0.717, 1.165) is 45.0 Å². The van der Waals surface area contributed by atoms with E-state index in [9.17, 15) is 4.79 Å². The Morgan fingerprint density at radius 1 is 1.43 bits per heavy atom. The van der Waals surface area contributed by atoms with Gasteiger partial charge in [0, 0.05) is 25.3 Å². The highest BCUT2D eigenvalue weighted by atomic mass is 32.2. The maximum absolute atomic E-state index is 12.1. The number of nitrogens with one attached hydrogen (secondary N) is 1. The van der Waals surface area contributed by atoms with Gasteiger partial charge in [-0.1, -0.05) is 11.8 Å². The summed E-state index contributed by atoms with van der Waals surface area (Å²) < 4.78 is 5.31. The summed E-state index contributed by atoms with van der Waals surface area (Å²) in [7, 11) is 0. The molecule has 1 saturated heterocycles. The monoisotopic (exact) mass is 310 g/mol. The zero-order valence-electron chi connectivity index (χ0n) is 12.6. The first kappa shape index (κ1) is 16.2. The number of thioether (sulfide) groups is 1. The number of morpholine rings is 1. The average molecular weight is 310 g/mol. The number of carbonyl (C=O) groups excluding carboxylic acids is 1. The number of aromatic nitrogens is 2. The third-order valence-corrected chi connectivity index (χ3v) is 3.84. The molecule has 21 heavy (non-hydrogen) atoms. The van der Waals surface area contributed by atoms with Gasteiger partial charge in [0.15, 0.2) is 5.16 Å².